The maximum Gasteiger partial charge on any atom is 0.134 e. The van der Waals surface area contributed by atoms with Crippen molar-refractivity contribution in [2.24, 2.45) is 5.41 Å². The van der Waals surface area contributed by atoms with Crippen molar-refractivity contribution < 1.29 is 4.42 Å². The van der Waals surface area contributed by atoms with Gasteiger partial charge in [0, 0.05) is 11.9 Å². The Bertz CT molecular complexity index is 494. The predicted molar refractivity (Wildman–Crippen MR) is 85.8 cm³/mol. The molecule has 1 heterocycles. The fourth-order valence-electron chi connectivity index (χ4n) is 2.59. The molecular weight excluding hydrogens is 246 g/mol. The second kappa shape index (κ2) is 6.94. The van der Waals surface area contributed by atoms with Crippen molar-refractivity contribution in [3.63, 3.8) is 0 Å². The highest BCUT2D eigenvalue weighted by Crippen LogP contribution is 2.23. The Morgan fingerprint density at radius 2 is 1.95 bits per heavy atom. The molecule has 0 aliphatic rings. The Labute approximate surface area is 122 Å². The first kappa shape index (κ1) is 15.1. The topological polar surface area (TPSA) is 25.2 Å². The van der Waals surface area contributed by atoms with Crippen LogP contribution in [0, 0.1) is 5.41 Å². The molecule has 0 atom stereocenters. The van der Waals surface area contributed by atoms with Crippen molar-refractivity contribution >= 4 is 11.0 Å². The standard InChI is InChI=1S/C18H27NO/c1-4-5-8-11-18(2,3)14-19-13-16-12-15-9-6-7-10-17(15)20-16/h6-7,9-10,12,19H,4-5,8,11,13-14H2,1-3H3. The van der Waals surface area contributed by atoms with Crippen LogP contribution in [0.3, 0.4) is 0 Å². The highest BCUT2D eigenvalue weighted by atomic mass is 16.3. The zero-order chi connectivity index (χ0) is 14.4. The zero-order valence-corrected chi connectivity index (χ0v) is 13.0. The van der Waals surface area contributed by atoms with Crippen LogP contribution in [0.4, 0.5) is 0 Å². The molecule has 2 rings (SSSR count). The highest BCUT2D eigenvalue weighted by molar-refractivity contribution is 5.77. The average Bonchev–Trinajstić information content (AvgIpc) is 2.81. The Hall–Kier alpha value is -1.28. The molecule has 0 spiro atoms. The average molecular weight is 273 g/mol. The molecule has 2 heteroatoms. The van der Waals surface area contributed by atoms with E-state index in [1.54, 1.807) is 0 Å². The summed E-state index contributed by atoms with van der Waals surface area (Å²) in [5, 5.41) is 4.72. The van der Waals surface area contributed by atoms with E-state index in [0.29, 0.717) is 5.41 Å². The van der Waals surface area contributed by atoms with Crippen LogP contribution in [-0.2, 0) is 6.54 Å². The van der Waals surface area contributed by atoms with Gasteiger partial charge in [-0.2, -0.15) is 0 Å². The lowest BCUT2D eigenvalue weighted by atomic mass is 9.87. The van der Waals surface area contributed by atoms with Gasteiger partial charge in [0.25, 0.3) is 0 Å². The predicted octanol–water partition coefficient (Wildman–Crippen LogP) is 5.13. The molecule has 1 N–H and O–H groups in total. The minimum atomic E-state index is 0.362. The summed E-state index contributed by atoms with van der Waals surface area (Å²) >= 11 is 0. The van der Waals surface area contributed by atoms with Gasteiger partial charge in [-0.15, -0.1) is 0 Å². The molecule has 0 saturated carbocycles. The van der Waals surface area contributed by atoms with Gasteiger partial charge in [-0.3, -0.25) is 0 Å². The third kappa shape index (κ3) is 4.38. The minimum Gasteiger partial charge on any atom is -0.460 e. The van der Waals surface area contributed by atoms with Crippen molar-refractivity contribution in [1.29, 1.82) is 0 Å². The van der Waals surface area contributed by atoms with Crippen molar-refractivity contribution in [3.05, 3.63) is 36.1 Å². The van der Waals surface area contributed by atoms with Crippen LogP contribution in [0.15, 0.2) is 34.7 Å². The summed E-state index contributed by atoms with van der Waals surface area (Å²) in [6, 6.07) is 10.3. The molecule has 110 valence electrons. The first-order valence-corrected chi connectivity index (χ1v) is 7.79. The second-order valence-corrected chi connectivity index (χ2v) is 6.48. The number of nitrogens with one attached hydrogen (secondary N) is 1. The van der Waals surface area contributed by atoms with Gasteiger partial charge in [-0.25, -0.2) is 0 Å². The number of fused-ring (bicyclic) bond motifs is 1. The van der Waals surface area contributed by atoms with Crippen LogP contribution in [0.2, 0.25) is 0 Å². The van der Waals surface area contributed by atoms with Crippen LogP contribution in [-0.4, -0.2) is 6.54 Å². The van der Waals surface area contributed by atoms with E-state index in [9.17, 15) is 0 Å². The van der Waals surface area contributed by atoms with E-state index in [4.69, 9.17) is 4.42 Å². The number of furan rings is 1. The van der Waals surface area contributed by atoms with Crippen molar-refractivity contribution in [2.75, 3.05) is 6.54 Å². The minimum absolute atomic E-state index is 0.362. The number of benzene rings is 1. The van der Waals surface area contributed by atoms with Crippen LogP contribution < -0.4 is 5.32 Å². The fraction of sp³-hybridized carbons (Fsp3) is 0.556. The second-order valence-electron chi connectivity index (χ2n) is 6.48. The summed E-state index contributed by atoms with van der Waals surface area (Å²) in [5.41, 5.74) is 1.34. The largest absolute Gasteiger partial charge is 0.460 e. The van der Waals surface area contributed by atoms with Crippen molar-refractivity contribution in [1.82, 2.24) is 5.32 Å². The Balaban J connectivity index is 1.80. The van der Waals surface area contributed by atoms with Gasteiger partial charge in [0.15, 0.2) is 0 Å². The number of rotatable bonds is 8. The van der Waals surface area contributed by atoms with Crippen LogP contribution in [0.25, 0.3) is 11.0 Å². The summed E-state index contributed by atoms with van der Waals surface area (Å²) in [6.07, 6.45) is 5.25. The monoisotopic (exact) mass is 273 g/mol. The van der Waals surface area contributed by atoms with Crippen molar-refractivity contribution in [3.8, 4) is 0 Å². The third-order valence-corrected chi connectivity index (χ3v) is 3.84. The maximum absolute atomic E-state index is 5.82. The molecule has 0 aliphatic carbocycles. The summed E-state index contributed by atoms with van der Waals surface area (Å²) in [6.45, 7) is 8.79. The van der Waals surface area contributed by atoms with Crippen LogP contribution in [0.1, 0.15) is 52.2 Å². The number of unbranched alkanes of at least 4 members (excludes halogenated alkanes) is 2. The van der Waals surface area contributed by atoms with Gasteiger partial charge in [0.05, 0.1) is 6.54 Å². The van der Waals surface area contributed by atoms with Gasteiger partial charge in [-0.05, 0) is 24.0 Å². The number of hydrogen-bond acceptors (Lipinski definition) is 2. The van der Waals surface area contributed by atoms with E-state index in [-0.39, 0.29) is 0 Å². The summed E-state index contributed by atoms with van der Waals surface area (Å²) < 4.78 is 5.82. The maximum atomic E-state index is 5.82. The third-order valence-electron chi connectivity index (χ3n) is 3.84. The first-order valence-electron chi connectivity index (χ1n) is 7.79. The van der Waals surface area contributed by atoms with E-state index in [2.05, 4.69) is 38.2 Å². The normalized spacial score (nSPS) is 12.2. The Morgan fingerprint density at radius 3 is 2.70 bits per heavy atom. The van der Waals surface area contributed by atoms with Gasteiger partial charge in [0.1, 0.15) is 11.3 Å². The van der Waals surface area contributed by atoms with Crippen molar-refractivity contribution in [2.45, 2.75) is 53.0 Å². The molecule has 1 aromatic heterocycles. The quantitative estimate of drug-likeness (QED) is 0.675. The van der Waals surface area contributed by atoms with E-state index in [0.717, 1.165) is 24.4 Å². The van der Waals surface area contributed by atoms with E-state index >= 15 is 0 Å². The van der Waals surface area contributed by atoms with E-state index in [1.165, 1.54) is 31.1 Å². The van der Waals surface area contributed by atoms with Crippen LogP contribution in [0.5, 0.6) is 0 Å². The molecule has 0 bridgehead atoms. The molecule has 1 aromatic carbocycles. The highest BCUT2D eigenvalue weighted by Gasteiger charge is 2.16. The molecule has 0 saturated heterocycles. The first-order chi connectivity index (χ1) is 9.61. The SMILES string of the molecule is CCCCCC(C)(C)CNCc1cc2ccccc2o1. The molecule has 0 unspecified atom stereocenters. The zero-order valence-electron chi connectivity index (χ0n) is 13.0. The molecule has 0 radical (unpaired) electrons. The van der Waals surface area contributed by atoms with Gasteiger partial charge in [-0.1, -0.05) is 58.2 Å². The molecule has 20 heavy (non-hydrogen) atoms. The fourth-order valence-corrected chi connectivity index (χ4v) is 2.59. The van der Waals surface area contributed by atoms with Crippen LogP contribution >= 0.6 is 0 Å². The smallest absolute Gasteiger partial charge is 0.134 e. The number of para-hydroxylation sites is 1. The summed E-state index contributed by atoms with van der Waals surface area (Å²) in [7, 11) is 0. The molecule has 0 fully saturated rings. The summed E-state index contributed by atoms with van der Waals surface area (Å²) in [4.78, 5) is 0. The van der Waals surface area contributed by atoms with E-state index < -0.39 is 0 Å². The lowest BCUT2D eigenvalue weighted by molar-refractivity contribution is 0.298. The molecule has 2 nitrogen and oxygen atoms in total. The van der Waals surface area contributed by atoms with Gasteiger partial charge >= 0.3 is 0 Å². The lowest BCUT2D eigenvalue weighted by Crippen LogP contribution is -2.28. The van der Waals surface area contributed by atoms with E-state index in [1.807, 2.05) is 18.2 Å². The Kier molecular flexibility index (Phi) is 5.24. The van der Waals surface area contributed by atoms with Gasteiger partial charge < -0.3 is 9.73 Å². The summed E-state index contributed by atoms with van der Waals surface area (Å²) in [5.74, 6) is 1.02. The molecular formula is C18H27NO. The molecule has 0 amide bonds. The Morgan fingerprint density at radius 1 is 1.15 bits per heavy atom. The molecule has 0 aliphatic heterocycles. The van der Waals surface area contributed by atoms with Gasteiger partial charge in [0.2, 0.25) is 0 Å². The number of hydrogen-bond donors (Lipinski definition) is 1. The lowest BCUT2D eigenvalue weighted by Gasteiger charge is -2.24. The molecule has 2 aromatic rings.